The van der Waals surface area contributed by atoms with Crippen molar-refractivity contribution in [3.63, 3.8) is 0 Å². The fourth-order valence-electron chi connectivity index (χ4n) is 3.03. The molecule has 2 aromatic carbocycles. The molecule has 1 saturated heterocycles. The van der Waals surface area contributed by atoms with E-state index < -0.39 is 0 Å². The lowest BCUT2D eigenvalue weighted by Crippen LogP contribution is -2.21. The van der Waals surface area contributed by atoms with Gasteiger partial charge in [-0.3, -0.25) is 4.79 Å². The van der Waals surface area contributed by atoms with Crippen LogP contribution < -0.4 is 15.0 Å². The van der Waals surface area contributed by atoms with Gasteiger partial charge in [-0.05, 0) is 62.6 Å². The van der Waals surface area contributed by atoms with Crippen molar-refractivity contribution in [3.05, 3.63) is 53.6 Å². The number of carbonyl (C=O) groups is 1. The van der Waals surface area contributed by atoms with E-state index in [2.05, 4.69) is 22.3 Å². The monoisotopic (exact) mass is 324 g/mol. The lowest BCUT2D eigenvalue weighted by molar-refractivity contribution is -0.118. The van der Waals surface area contributed by atoms with Gasteiger partial charge < -0.3 is 15.0 Å². The summed E-state index contributed by atoms with van der Waals surface area (Å²) in [6.45, 7) is 6.27. The number of benzene rings is 2. The smallest absolute Gasteiger partial charge is 0.262 e. The third kappa shape index (κ3) is 4.07. The zero-order chi connectivity index (χ0) is 16.9. The summed E-state index contributed by atoms with van der Waals surface area (Å²) in [6, 6.07) is 14.0. The minimum Gasteiger partial charge on any atom is -0.483 e. The minimum absolute atomic E-state index is 0.0117. The highest BCUT2D eigenvalue weighted by molar-refractivity contribution is 5.92. The zero-order valence-electron chi connectivity index (χ0n) is 14.3. The first kappa shape index (κ1) is 16.4. The number of carbonyl (C=O) groups excluding carboxylic acids is 1. The number of hydrogen-bond donors (Lipinski definition) is 1. The molecule has 1 heterocycles. The number of aryl methyl sites for hydroxylation is 2. The molecule has 4 heteroatoms. The third-order valence-corrected chi connectivity index (χ3v) is 4.31. The Labute approximate surface area is 143 Å². The Hall–Kier alpha value is -2.49. The number of rotatable bonds is 5. The van der Waals surface area contributed by atoms with E-state index in [0.29, 0.717) is 0 Å². The van der Waals surface area contributed by atoms with Crippen molar-refractivity contribution in [2.45, 2.75) is 26.7 Å². The number of hydrogen-bond acceptors (Lipinski definition) is 3. The first-order valence-corrected chi connectivity index (χ1v) is 8.47. The first-order chi connectivity index (χ1) is 11.6. The van der Waals surface area contributed by atoms with Crippen molar-refractivity contribution < 1.29 is 9.53 Å². The third-order valence-electron chi connectivity index (χ3n) is 4.31. The van der Waals surface area contributed by atoms with Crippen molar-refractivity contribution >= 4 is 17.3 Å². The van der Waals surface area contributed by atoms with Crippen LogP contribution in [-0.2, 0) is 4.79 Å². The molecular weight excluding hydrogens is 300 g/mol. The molecule has 0 spiro atoms. The van der Waals surface area contributed by atoms with Gasteiger partial charge >= 0.3 is 0 Å². The van der Waals surface area contributed by atoms with Gasteiger partial charge in [0.2, 0.25) is 0 Å². The van der Waals surface area contributed by atoms with Crippen molar-refractivity contribution in [2.75, 3.05) is 29.9 Å². The van der Waals surface area contributed by atoms with Gasteiger partial charge in [0.05, 0.1) is 0 Å². The molecule has 3 rings (SSSR count). The van der Waals surface area contributed by atoms with Crippen molar-refractivity contribution in [1.29, 1.82) is 0 Å². The number of amides is 1. The molecule has 0 bridgehead atoms. The van der Waals surface area contributed by atoms with Crippen molar-refractivity contribution in [3.8, 4) is 5.75 Å². The van der Waals surface area contributed by atoms with E-state index in [1.54, 1.807) is 0 Å². The number of nitrogens with zero attached hydrogens (tertiary/aromatic N) is 1. The molecule has 1 aliphatic heterocycles. The van der Waals surface area contributed by atoms with Crippen LogP contribution in [0, 0.1) is 13.8 Å². The predicted molar refractivity (Wildman–Crippen MR) is 97.9 cm³/mol. The molecule has 1 amide bonds. The minimum atomic E-state index is -0.149. The van der Waals surface area contributed by atoms with E-state index in [1.807, 2.05) is 44.2 Å². The first-order valence-electron chi connectivity index (χ1n) is 8.47. The summed E-state index contributed by atoms with van der Waals surface area (Å²) in [7, 11) is 0. The quantitative estimate of drug-likeness (QED) is 0.906. The van der Waals surface area contributed by atoms with Gasteiger partial charge in [0.15, 0.2) is 6.61 Å². The Bertz CT molecular complexity index is 704. The molecule has 0 atom stereocenters. The average molecular weight is 324 g/mol. The SMILES string of the molecule is Cc1ccc(OCC(=O)Nc2ccc(N3CCCC3)cc2)c(C)c1. The van der Waals surface area contributed by atoms with Crippen LogP contribution in [0.15, 0.2) is 42.5 Å². The Morgan fingerprint density at radius 2 is 1.79 bits per heavy atom. The molecule has 126 valence electrons. The molecule has 24 heavy (non-hydrogen) atoms. The van der Waals surface area contributed by atoms with E-state index in [9.17, 15) is 4.79 Å². The summed E-state index contributed by atoms with van der Waals surface area (Å²) in [6.07, 6.45) is 2.52. The van der Waals surface area contributed by atoms with Crippen LogP contribution in [0.5, 0.6) is 5.75 Å². The fourth-order valence-corrected chi connectivity index (χ4v) is 3.03. The predicted octanol–water partition coefficient (Wildman–Crippen LogP) is 3.92. The van der Waals surface area contributed by atoms with E-state index in [4.69, 9.17) is 4.74 Å². The zero-order valence-corrected chi connectivity index (χ0v) is 14.3. The molecule has 4 nitrogen and oxygen atoms in total. The summed E-state index contributed by atoms with van der Waals surface area (Å²) in [5, 5.41) is 2.88. The molecule has 1 aliphatic rings. The summed E-state index contributed by atoms with van der Waals surface area (Å²) < 4.78 is 5.61. The average Bonchev–Trinajstić information content (AvgIpc) is 3.09. The van der Waals surface area contributed by atoms with Gasteiger partial charge in [-0.2, -0.15) is 0 Å². The van der Waals surface area contributed by atoms with E-state index in [0.717, 1.165) is 30.1 Å². The maximum absolute atomic E-state index is 12.1. The van der Waals surface area contributed by atoms with Gasteiger partial charge in [-0.25, -0.2) is 0 Å². The fraction of sp³-hybridized carbons (Fsp3) is 0.350. The summed E-state index contributed by atoms with van der Waals surface area (Å²) in [5.74, 6) is 0.601. The molecule has 1 N–H and O–H groups in total. The topological polar surface area (TPSA) is 41.6 Å². The summed E-state index contributed by atoms with van der Waals surface area (Å²) in [4.78, 5) is 14.4. The van der Waals surface area contributed by atoms with Crippen LogP contribution in [0.1, 0.15) is 24.0 Å². The molecule has 0 aromatic heterocycles. The number of nitrogens with one attached hydrogen (secondary N) is 1. The second kappa shape index (κ2) is 7.39. The Morgan fingerprint density at radius 1 is 1.08 bits per heavy atom. The highest BCUT2D eigenvalue weighted by Crippen LogP contribution is 2.22. The largest absolute Gasteiger partial charge is 0.483 e. The molecule has 0 unspecified atom stereocenters. The Kier molecular flexibility index (Phi) is 5.04. The molecule has 0 aliphatic carbocycles. The maximum atomic E-state index is 12.1. The lowest BCUT2D eigenvalue weighted by atomic mass is 10.1. The normalized spacial score (nSPS) is 13.8. The molecule has 0 saturated carbocycles. The molecule has 2 aromatic rings. The summed E-state index contributed by atoms with van der Waals surface area (Å²) >= 11 is 0. The number of anilines is 2. The van der Waals surface area contributed by atoms with Crippen LogP contribution in [0.25, 0.3) is 0 Å². The Morgan fingerprint density at radius 3 is 2.46 bits per heavy atom. The van der Waals surface area contributed by atoms with Gasteiger partial charge in [0.1, 0.15) is 5.75 Å². The molecule has 0 radical (unpaired) electrons. The molecule has 1 fully saturated rings. The van der Waals surface area contributed by atoms with E-state index in [1.165, 1.54) is 24.1 Å². The summed E-state index contributed by atoms with van der Waals surface area (Å²) in [5.41, 5.74) is 4.24. The van der Waals surface area contributed by atoms with E-state index >= 15 is 0 Å². The maximum Gasteiger partial charge on any atom is 0.262 e. The van der Waals surface area contributed by atoms with Crippen LogP contribution >= 0.6 is 0 Å². The van der Waals surface area contributed by atoms with Gasteiger partial charge in [0, 0.05) is 24.5 Å². The number of ether oxygens (including phenoxy) is 1. The Balaban J connectivity index is 1.52. The standard InChI is InChI=1S/C20H24N2O2/c1-15-5-10-19(16(2)13-15)24-14-20(23)21-17-6-8-18(9-7-17)22-11-3-4-12-22/h5-10,13H,3-4,11-12,14H2,1-2H3,(H,21,23). The van der Waals surface area contributed by atoms with Gasteiger partial charge in [-0.1, -0.05) is 17.7 Å². The molecular formula is C20H24N2O2. The second-order valence-corrected chi connectivity index (χ2v) is 6.35. The van der Waals surface area contributed by atoms with Crippen LogP contribution in [0.4, 0.5) is 11.4 Å². The van der Waals surface area contributed by atoms with Crippen molar-refractivity contribution in [2.24, 2.45) is 0 Å². The van der Waals surface area contributed by atoms with Crippen LogP contribution in [0.3, 0.4) is 0 Å². The second-order valence-electron chi connectivity index (χ2n) is 6.35. The lowest BCUT2D eigenvalue weighted by Gasteiger charge is -2.17. The van der Waals surface area contributed by atoms with Crippen molar-refractivity contribution in [1.82, 2.24) is 0 Å². The highest BCUT2D eigenvalue weighted by Gasteiger charge is 2.12. The highest BCUT2D eigenvalue weighted by atomic mass is 16.5. The van der Waals surface area contributed by atoms with E-state index in [-0.39, 0.29) is 12.5 Å². The van der Waals surface area contributed by atoms with Crippen LogP contribution in [0.2, 0.25) is 0 Å². The van der Waals surface area contributed by atoms with Gasteiger partial charge in [0.25, 0.3) is 5.91 Å². The van der Waals surface area contributed by atoms with Crippen LogP contribution in [-0.4, -0.2) is 25.6 Å². The van der Waals surface area contributed by atoms with Gasteiger partial charge in [-0.15, -0.1) is 0 Å².